The topological polar surface area (TPSA) is 124 Å². The molecule has 1 aromatic heterocycles. The Morgan fingerprint density at radius 1 is 1.56 bits per heavy atom. The number of nitrogens with zero attached hydrogens (tertiary/aromatic N) is 4. The zero-order valence-electron chi connectivity index (χ0n) is 9.78. The van der Waals surface area contributed by atoms with Crippen LogP contribution in [0.15, 0.2) is 20.9 Å². The lowest BCUT2D eigenvalue weighted by Crippen LogP contribution is -2.32. The number of aromatic nitrogens is 2. The first-order valence-electron chi connectivity index (χ1n) is 5.57. The lowest BCUT2D eigenvalue weighted by Gasteiger charge is -2.13. The fourth-order valence-corrected chi connectivity index (χ4v) is 2.24. The molecule has 0 amide bonds. The minimum Gasteiger partial charge on any atom is -0.393 e. The van der Waals surface area contributed by atoms with Crippen LogP contribution in [0.5, 0.6) is 0 Å². The van der Waals surface area contributed by atoms with Gasteiger partial charge in [0.25, 0.3) is 5.56 Å². The summed E-state index contributed by atoms with van der Waals surface area (Å²) in [6, 6.07) is -0.794. The Kier molecular flexibility index (Phi) is 3.22. The standard InChI is InChI=1S/C10H13N5O3/c1-5-4-15(10(18)12-9(5)17)6-2-7(13-14-11)8(16)3-6/h4,6-8,16H,2-3H2,1H3,(H,12,17,18)/t6-,7-,8-/m0/s1. The maximum Gasteiger partial charge on any atom is 0.328 e. The van der Waals surface area contributed by atoms with Crippen LogP contribution >= 0.6 is 0 Å². The van der Waals surface area contributed by atoms with Crippen molar-refractivity contribution in [2.24, 2.45) is 5.11 Å². The summed E-state index contributed by atoms with van der Waals surface area (Å²) >= 11 is 0. The largest absolute Gasteiger partial charge is 0.393 e. The van der Waals surface area contributed by atoms with Crippen molar-refractivity contribution in [1.82, 2.24) is 9.55 Å². The maximum absolute atomic E-state index is 11.7. The number of rotatable bonds is 2. The summed E-state index contributed by atoms with van der Waals surface area (Å²) in [5, 5.41) is 13.2. The molecule has 0 saturated heterocycles. The summed E-state index contributed by atoms with van der Waals surface area (Å²) in [6.45, 7) is 1.60. The highest BCUT2D eigenvalue weighted by molar-refractivity contribution is 5.03. The Morgan fingerprint density at radius 3 is 2.94 bits per heavy atom. The van der Waals surface area contributed by atoms with Gasteiger partial charge in [-0.05, 0) is 25.3 Å². The van der Waals surface area contributed by atoms with Gasteiger partial charge in [-0.15, -0.1) is 0 Å². The number of H-pyrrole nitrogens is 1. The molecule has 0 spiro atoms. The SMILES string of the molecule is Cc1cn([C@H]2C[C@H](N=[N+]=[N-])[C@@H](O)C2)c(=O)[nH]c1=O. The average molecular weight is 251 g/mol. The zero-order valence-corrected chi connectivity index (χ0v) is 9.78. The number of aryl methyl sites for hydroxylation is 1. The van der Waals surface area contributed by atoms with E-state index in [0.717, 1.165) is 0 Å². The van der Waals surface area contributed by atoms with Crippen molar-refractivity contribution in [2.45, 2.75) is 38.0 Å². The normalized spacial score (nSPS) is 26.9. The van der Waals surface area contributed by atoms with Gasteiger partial charge in [0.2, 0.25) is 0 Å². The minimum absolute atomic E-state index is 0.265. The van der Waals surface area contributed by atoms with Gasteiger partial charge in [0, 0.05) is 22.7 Å². The maximum atomic E-state index is 11.7. The predicted molar refractivity (Wildman–Crippen MR) is 63.3 cm³/mol. The van der Waals surface area contributed by atoms with Crippen LogP contribution in [-0.2, 0) is 0 Å². The van der Waals surface area contributed by atoms with Crippen LogP contribution < -0.4 is 11.2 Å². The molecule has 2 rings (SSSR count). The van der Waals surface area contributed by atoms with Crippen molar-refractivity contribution < 1.29 is 5.11 Å². The van der Waals surface area contributed by atoms with Crippen molar-refractivity contribution in [3.05, 3.63) is 43.0 Å². The van der Waals surface area contributed by atoms with Gasteiger partial charge in [-0.3, -0.25) is 14.3 Å². The van der Waals surface area contributed by atoms with Gasteiger partial charge in [-0.1, -0.05) is 5.11 Å². The van der Waals surface area contributed by atoms with Gasteiger partial charge in [0.05, 0.1) is 12.1 Å². The molecule has 18 heavy (non-hydrogen) atoms. The van der Waals surface area contributed by atoms with Crippen LogP contribution in [0, 0.1) is 6.92 Å². The first-order valence-corrected chi connectivity index (χ1v) is 5.57. The summed E-state index contributed by atoms with van der Waals surface area (Å²) in [5.74, 6) is 0. The predicted octanol–water partition coefficient (Wildman–Crippen LogP) is 0.220. The first kappa shape index (κ1) is 12.4. The van der Waals surface area contributed by atoms with Crippen molar-refractivity contribution in [2.75, 3.05) is 0 Å². The van der Waals surface area contributed by atoms with E-state index in [4.69, 9.17) is 5.53 Å². The van der Waals surface area contributed by atoms with E-state index in [2.05, 4.69) is 15.0 Å². The van der Waals surface area contributed by atoms with E-state index in [1.54, 1.807) is 6.92 Å². The van der Waals surface area contributed by atoms with E-state index in [1.165, 1.54) is 10.8 Å². The number of aliphatic hydroxyl groups excluding tert-OH is 1. The molecule has 3 atom stereocenters. The van der Waals surface area contributed by atoms with E-state index >= 15 is 0 Å². The summed E-state index contributed by atoms with van der Waals surface area (Å²) in [6.07, 6.45) is 1.42. The molecule has 8 nitrogen and oxygen atoms in total. The monoisotopic (exact) mass is 251 g/mol. The molecule has 0 aliphatic heterocycles. The molecule has 1 aliphatic carbocycles. The molecule has 1 aliphatic rings. The molecular weight excluding hydrogens is 238 g/mol. The Bertz CT molecular complexity index is 613. The van der Waals surface area contributed by atoms with E-state index in [9.17, 15) is 14.7 Å². The van der Waals surface area contributed by atoms with Crippen LogP contribution in [0.3, 0.4) is 0 Å². The van der Waals surface area contributed by atoms with Gasteiger partial charge in [0.1, 0.15) is 0 Å². The zero-order chi connectivity index (χ0) is 13.3. The van der Waals surface area contributed by atoms with Gasteiger partial charge in [0.15, 0.2) is 0 Å². The second-order valence-electron chi connectivity index (χ2n) is 4.44. The van der Waals surface area contributed by atoms with Crippen molar-refractivity contribution in [3.8, 4) is 0 Å². The van der Waals surface area contributed by atoms with E-state index in [1.807, 2.05) is 0 Å². The van der Waals surface area contributed by atoms with Crippen LogP contribution in [0.2, 0.25) is 0 Å². The molecule has 0 bridgehead atoms. The van der Waals surface area contributed by atoms with Crippen LogP contribution in [0.4, 0.5) is 0 Å². The number of azide groups is 1. The summed E-state index contributed by atoms with van der Waals surface area (Å²) in [5.41, 5.74) is 7.87. The average Bonchev–Trinajstić information content (AvgIpc) is 2.66. The molecule has 96 valence electrons. The molecule has 0 radical (unpaired) electrons. The van der Waals surface area contributed by atoms with Gasteiger partial charge in [-0.2, -0.15) is 0 Å². The van der Waals surface area contributed by atoms with Gasteiger partial charge in [-0.25, -0.2) is 4.79 Å². The highest BCUT2D eigenvalue weighted by atomic mass is 16.3. The lowest BCUT2D eigenvalue weighted by atomic mass is 10.2. The molecular formula is C10H13N5O3. The molecule has 1 fully saturated rings. The summed E-state index contributed by atoms with van der Waals surface area (Å²) in [4.78, 5) is 27.8. The number of aliphatic hydroxyl groups is 1. The smallest absolute Gasteiger partial charge is 0.328 e. The van der Waals surface area contributed by atoms with E-state index in [0.29, 0.717) is 18.4 Å². The summed E-state index contributed by atoms with van der Waals surface area (Å²) < 4.78 is 1.38. The Hall–Kier alpha value is -2.05. The fraction of sp³-hybridized carbons (Fsp3) is 0.600. The molecule has 1 aromatic rings. The van der Waals surface area contributed by atoms with Crippen molar-refractivity contribution in [3.63, 3.8) is 0 Å². The highest BCUT2D eigenvalue weighted by Gasteiger charge is 2.33. The van der Waals surface area contributed by atoms with E-state index in [-0.39, 0.29) is 6.04 Å². The molecule has 1 saturated carbocycles. The van der Waals surface area contributed by atoms with Crippen molar-refractivity contribution in [1.29, 1.82) is 0 Å². The minimum atomic E-state index is -0.759. The highest BCUT2D eigenvalue weighted by Crippen LogP contribution is 2.31. The Balaban J connectivity index is 2.35. The van der Waals surface area contributed by atoms with Crippen LogP contribution in [-0.4, -0.2) is 26.8 Å². The quantitative estimate of drug-likeness (QED) is 0.443. The molecule has 2 N–H and O–H groups in total. The Morgan fingerprint density at radius 2 is 2.28 bits per heavy atom. The fourth-order valence-electron chi connectivity index (χ4n) is 2.24. The Labute approximate surface area is 102 Å². The van der Waals surface area contributed by atoms with Crippen LogP contribution in [0.1, 0.15) is 24.4 Å². The second-order valence-corrected chi connectivity index (χ2v) is 4.44. The third kappa shape index (κ3) is 2.15. The number of aromatic amines is 1. The number of hydrogen-bond donors (Lipinski definition) is 2. The number of nitrogens with one attached hydrogen (secondary N) is 1. The third-order valence-corrected chi connectivity index (χ3v) is 3.21. The van der Waals surface area contributed by atoms with Crippen LogP contribution in [0.25, 0.3) is 10.4 Å². The van der Waals surface area contributed by atoms with Gasteiger partial charge < -0.3 is 5.11 Å². The van der Waals surface area contributed by atoms with Crippen molar-refractivity contribution >= 4 is 0 Å². The lowest BCUT2D eigenvalue weighted by molar-refractivity contribution is 0.161. The van der Waals surface area contributed by atoms with E-state index < -0.39 is 23.4 Å². The second kappa shape index (κ2) is 4.67. The number of hydrogen-bond acceptors (Lipinski definition) is 4. The van der Waals surface area contributed by atoms with Gasteiger partial charge >= 0.3 is 5.69 Å². The third-order valence-electron chi connectivity index (χ3n) is 3.21. The molecule has 0 unspecified atom stereocenters. The molecule has 1 heterocycles. The summed E-state index contributed by atoms with van der Waals surface area (Å²) in [7, 11) is 0. The molecule has 8 heteroatoms. The first-order chi connectivity index (χ1) is 8.52. The molecule has 0 aromatic carbocycles.